The molecular weight excluding hydrogens is 246 g/mol. The predicted molar refractivity (Wildman–Crippen MR) is 76.5 cm³/mol. The lowest BCUT2D eigenvalue weighted by Crippen LogP contribution is -1.92. The Kier molecular flexibility index (Phi) is 3.94. The topological polar surface area (TPSA) is 46.5 Å². The average Bonchev–Trinajstić information content (AvgIpc) is 2.85. The minimum atomic E-state index is 0.786. The van der Waals surface area contributed by atoms with Gasteiger partial charge in [0.05, 0.1) is 12.8 Å². The van der Waals surface area contributed by atoms with Gasteiger partial charge in [0.15, 0.2) is 0 Å². The van der Waals surface area contributed by atoms with Gasteiger partial charge in [0.25, 0.3) is 0 Å². The van der Waals surface area contributed by atoms with Gasteiger partial charge in [-0.1, -0.05) is 12.1 Å². The van der Waals surface area contributed by atoms with Gasteiger partial charge in [-0.15, -0.1) is 11.3 Å². The number of hydrazone groups is 1. The third-order valence-corrected chi connectivity index (χ3v) is 2.99. The molecule has 94 valence electrons. The molecule has 0 atom stereocenters. The molecule has 0 fully saturated rings. The molecule has 0 bridgehead atoms. The summed E-state index contributed by atoms with van der Waals surface area (Å²) in [4.78, 5) is 4.47. The van der Waals surface area contributed by atoms with E-state index in [1.54, 1.807) is 7.11 Å². The van der Waals surface area contributed by atoms with Crippen molar-refractivity contribution in [2.45, 2.75) is 13.8 Å². The van der Waals surface area contributed by atoms with Crippen LogP contribution in [0.2, 0.25) is 0 Å². The van der Waals surface area contributed by atoms with E-state index in [0.717, 1.165) is 27.9 Å². The van der Waals surface area contributed by atoms with Crippen LogP contribution in [0.25, 0.3) is 11.3 Å². The summed E-state index contributed by atoms with van der Waals surface area (Å²) in [5.41, 5.74) is 5.85. The van der Waals surface area contributed by atoms with Gasteiger partial charge in [0.1, 0.15) is 5.75 Å². The first kappa shape index (κ1) is 12.6. The number of hydrogen-bond donors (Lipinski definition) is 1. The molecule has 1 aromatic carbocycles. The average molecular weight is 261 g/mol. The first-order valence-corrected chi connectivity index (χ1v) is 6.44. The van der Waals surface area contributed by atoms with E-state index in [0.29, 0.717) is 0 Å². The predicted octanol–water partition coefficient (Wildman–Crippen LogP) is 3.63. The van der Waals surface area contributed by atoms with E-state index in [2.05, 4.69) is 15.5 Å². The number of benzene rings is 1. The van der Waals surface area contributed by atoms with Crippen LogP contribution < -0.4 is 10.2 Å². The molecule has 5 heteroatoms. The lowest BCUT2D eigenvalue weighted by atomic mass is 10.2. The first-order valence-electron chi connectivity index (χ1n) is 5.56. The van der Waals surface area contributed by atoms with Crippen LogP contribution in [0.5, 0.6) is 5.75 Å². The van der Waals surface area contributed by atoms with Crippen LogP contribution in [-0.4, -0.2) is 17.8 Å². The number of aromatic nitrogens is 1. The Morgan fingerprint density at radius 2 is 2.22 bits per heavy atom. The Morgan fingerprint density at radius 3 is 2.94 bits per heavy atom. The molecule has 18 heavy (non-hydrogen) atoms. The molecule has 1 N–H and O–H groups in total. The SMILES string of the molecule is COc1cccc(-c2csc(NN=C(C)C)n2)c1. The highest BCUT2D eigenvalue weighted by Gasteiger charge is 2.04. The molecule has 0 saturated carbocycles. The third-order valence-electron chi connectivity index (χ3n) is 2.24. The van der Waals surface area contributed by atoms with Crippen LogP contribution in [0.3, 0.4) is 0 Å². The number of anilines is 1. The zero-order valence-corrected chi connectivity index (χ0v) is 11.4. The molecule has 2 aromatic rings. The molecule has 4 nitrogen and oxygen atoms in total. The summed E-state index contributed by atoms with van der Waals surface area (Å²) in [6.45, 7) is 3.87. The molecule has 0 radical (unpaired) electrons. The number of hydrogen-bond acceptors (Lipinski definition) is 5. The molecule has 0 aliphatic heterocycles. The van der Waals surface area contributed by atoms with Crippen molar-refractivity contribution in [1.82, 2.24) is 4.98 Å². The van der Waals surface area contributed by atoms with Gasteiger partial charge < -0.3 is 4.74 Å². The van der Waals surface area contributed by atoms with Gasteiger partial charge in [0, 0.05) is 16.7 Å². The maximum Gasteiger partial charge on any atom is 0.203 e. The molecule has 0 unspecified atom stereocenters. The summed E-state index contributed by atoms with van der Waals surface area (Å²) < 4.78 is 5.20. The second-order valence-corrected chi connectivity index (χ2v) is 4.80. The zero-order chi connectivity index (χ0) is 13.0. The van der Waals surface area contributed by atoms with Crippen molar-refractivity contribution in [2.24, 2.45) is 5.10 Å². The molecule has 0 aliphatic carbocycles. The van der Waals surface area contributed by atoms with E-state index in [1.165, 1.54) is 11.3 Å². The van der Waals surface area contributed by atoms with Gasteiger partial charge in [-0.3, -0.25) is 5.43 Å². The van der Waals surface area contributed by atoms with Gasteiger partial charge in [0.2, 0.25) is 5.13 Å². The van der Waals surface area contributed by atoms with Crippen molar-refractivity contribution in [3.63, 3.8) is 0 Å². The highest BCUT2D eigenvalue weighted by atomic mass is 32.1. The van der Waals surface area contributed by atoms with Crippen LogP contribution in [-0.2, 0) is 0 Å². The Labute approximate surface area is 110 Å². The van der Waals surface area contributed by atoms with Crippen LogP contribution in [0.15, 0.2) is 34.7 Å². The number of nitrogens with one attached hydrogen (secondary N) is 1. The normalized spacial score (nSPS) is 9.94. The zero-order valence-electron chi connectivity index (χ0n) is 10.6. The van der Waals surface area contributed by atoms with Gasteiger partial charge in [-0.25, -0.2) is 4.98 Å². The summed E-state index contributed by atoms with van der Waals surface area (Å²) in [5.74, 6) is 0.831. The summed E-state index contributed by atoms with van der Waals surface area (Å²) in [5, 5.41) is 6.91. The summed E-state index contributed by atoms with van der Waals surface area (Å²) in [7, 11) is 1.66. The van der Waals surface area contributed by atoms with Crippen LogP contribution in [0, 0.1) is 0 Å². The molecule has 2 rings (SSSR count). The maximum absolute atomic E-state index is 5.20. The monoisotopic (exact) mass is 261 g/mol. The minimum absolute atomic E-state index is 0.786. The van der Waals surface area contributed by atoms with Crippen molar-refractivity contribution >= 4 is 22.2 Å². The second-order valence-electron chi connectivity index (χ2n) is 3.94. The van der Waals surface area contributed by atoms with Crippen molar-refractivity contribution in [2.75, 3.05) is 12.5 Å². The smallest absolute Gasteiger partial charge is 0.203 e. The van der Waals surface area contributed by atoms with Crippen LogP contribution >= 0.6 is 11.3 Å². The third kappa shape index (κ3) is 3.07. The van der Waals surface area contributed by atoms with Gasteiger partial charge in [-0.05, 0) is 26.0 Å². The Morgan fingerprint density at radius 1 is 1.39 bits per heavy atom. The standard InChI is InChI=1S/C13H15N3OS/c1-9(2)15-16-13-14-12(8-18-13)10-5-4-6-11(7-10)17-3/h4-8H,1-3H3,(H,14,16). The van der Waals surface area contributed by atoms with Crippen molar-refractivity contribution in [1.29, 1.82) is 0 Å². The summed E-state index contributed by atoms with van der Waals surface area (Å²) >= 11 is 1.53. The maximum atomic E-state index is 5.20. The fraction of sp³-hybridized carbons (Fsp3) is 0.231. The van der Waals surface area contributed by atoms with Gasteiger partial charge in [-0.2, -0.15) is 5.10 Å². The highest BCUT2D eigenvalue weighted by molar-refractivity contribution is 7.14. The minimum Gasteiger partial charge on any atom is -0.497 e. The Balaban J connectivity index is 2.21. The molecule has 0 spiro atoms. The van der Waals surface area contributed by atoms with E-state index in [-0.39, 0.29) is 0 Å². The van der Waals surface area contributed by atoms with E-state index < -0.39 is 0 Å². The number of ether oxygens (including phenoxy) is 1. The van der Waals surface area contributed by atoms with Crippen LogP contribution in [0.4, 0.5) is 5.13 Å². The first-order chi connectivity index (χ1) is 8.69. The van der Waals surface area contributed by atoms with Crippen molar-refractivity contribution < 1.29 is 4.74 Å². The molecule has 1 aromatic heterocycles. The fourth-order valence-electron chi connectivity index (χ4n) is 1.40. The summed E-state index contributed by atoms with van der Waals surface area (Å²) in [6, 6.07) is 7.84. The number of methoxy groups -OCH3 is 1. The Bertz CT molecular complexity index is 559. The van der Waals surface area contributed by atoms with Gasteiger partial charge >= 0.3 is 0 Å². The molecule has 0 saturated heterocycles. The van der Waals surface area contributed by atoms with Crippen molar-refractivity contribution in [3.8, 4) is 17.0 Å². The number of nitrogens with zero attached hydrogens (tertiary/aromatic N) is 2. The molecule has 0 aliphatic rings. The van der Waals surface area contributed by atoms with E-state index >= 15 is 0 Å². The number of rotatable bonds is 4. The van der Waals surface area contributed by atoms with E-state index in [4.69, 9.17) is 4.74 Å². The van der Waals surface area contributed by atoms with E-state index in [9.17, 15) is 0 Å². The lowest BCUT2D eigenvalue weighted by molar-refractivity contribution is 0.415. The lowest BCUT2D eigenvalue weighted by Gasteiger charge is -2.01. The molecule has 0 amide bonds. The van der Waals surface area contributed by atoms with E-state index in [1.807, 2.05) is 43.5 Å². The Hall–Kier alpha value is -1.88. The molecule has 1 heterocycles. The quantitative estimate of drug-likeness (QED) is 0.675. The summed E-state index contributed by atoms with van der Waals surface area (Å²) in [6.07, 6.45) is 0. The largest absolute Gasteiger partial charge is 0.497 e. The number of thiazole rings is 1. The second kappa shape index (κ2) is 5.64. The fourth-order valence-corrected chi connectivity index (χ4v) is 2.06. The highest BCUT2D eigenvalue weighted by Crippen LogP contribution is 2.27. The van der Waals surface area contributed by atoms with Crippen LogP contribution in [0.1, 0.15) is 13.8 Å². The molecular formula is C13H15N3OS. The van der Waals surface area contributed by atoms with Crippen molar-refractivity contribution in [3.05, 3.63) is 29.6 Å².